The zero-order chi connectivity index (χ0) is 16.0. The lowest BCUT2D eigenvalue weighted by Crippen LogP contribution is -2.49. The highest BCUT2D eigenvalue weighted by Crippen LogP contribution is 2.29. The summed E-state index contributed by atoms with van der Waals surface area (Å²) in [5, 5.41) is 16.8. The minimum Gasteiger partial charge on any atom is -0.384 e. The number of nitro groups is 1. The predicted molar refractivity (Wildman–Crippen MR) is 81.4 cm³/mol. The molecule has 7 nitrogen and oxygen atoms in total. The second-order valence-electron chi connectivity index (χ2n) is 5.57. The number of amides is 1. The van der Waals surface area contributed by atoms with Crippen molar-refractivity contribution in [2.45, 2.75) is 19.4 Å². The van der Waals surface area contributed by atoms with Crippen molar-refractivity contribution >= 4 is 11.6 Å². The summed E-state index contributed by atoms with van der Waals surface area (Å²) in [4.78, 5) is 22.7. The smallest absolute Gasteiger partial charge is 0.269 e. The third-order valence-corrected chi connectivity index (χ3v) is 4.06. The van der Waals surface area contributed by atoms with Crippen molar-refractivity contribution < 1.29 is 14.5 Å². The average Bonchev–Trinajstić information content (AvgIpc) is 2.54. The second kappa shape index (κ2) is 7.33. The Kier molecular flexibility index (Phi) is 5.46. The van der Waals surface area contributed by atoms with Crippen molar-refractivity contribution in [3.8, 4) is 0 Å². The summed E-state index contributed by atoms with van der Waals surface area (Å²) >= 11 is 0. The van der Waals surface area contributed by atoms with Gasteiger partial charge in [0.2, 0.25) is 5.91 Å². The van der Waals surface area contributed by atoms with Crippen molar-refractivity contribution in [1.82, 2.24) is 10.6 Å². The summed E-state index contributed by atoms with van der Waals surface area (Å²) in [6, 6.07) is 6.20. The van der Waals surface area contributed by atoms with Crippen LogP contribution in [0.1, 0.15) is 18.4 Å². The molecule has 1 amide bonds. The number of nitrogens with zero attached hydrogens (tertiary/aromatic N) is 1. The number of piperidine rings is 1. The number of benzene rings is 1. The molecule has 0 saturated carbocycles. The quantitative estimate of drug-likeness (QED) is 0.609. The van der Waals surface area contributed by atoms with Gasteiger partial charge in [0, 0.05) is 25.8 Å². The Balaban J connectivity index is 1.96. The molecule has 2 rings (SSSR count). The van der Waals surface area contributed by atoms with E-state index in [1.807, 2.05) is 0 Å². The van der Waals surface area contributed by atoms with E-state index in [2.05, 4.69) is 10.6 Å². The van der Waals surface area contributed by atoms with Crippen LogP contribution in [0.25, 0.3) is 0 Å². The van der Waals surface area contributed by atoms with Crippen LogP contribution in [0.3, 0.4) is 0 Å². The molecule has 0 bridgehead atoms. The first kappa shape index (κ1) is 16.4. The van der Waals surface area contributed by atoms with Crippen molar-refractivity contribution in [1.29, 1.82) is 0 Å². The molecular weight excluding hydrogens is 286 g/mol. The van der Waals surface area contributed by atoms with E-state index >= 15 is 0 Å². The largest absolute Gasteiger partial charge is 0.384 e. The number of hydrogen-bond acceptors (Lipinski definition) is 5. The van der Waals surface area contributed by atoms with Crippen LogP contribution in [0, 0.1) is 15.5 Å². The topological polar surface area (TPSA) is 93.5 Å². The van der Waals surface area contributed by atoms with Gasteiger partial charge < -0.3 is 15.4 Å². The first-order valence-corrected chi connectivity index (χ1v) is 7.29. The maximum atomic E-state index is 12.5. The molecule has 0 aliphatic carbocycles. The molecule has 1 aromatic rings. The van der Waals surface area contributed by atoms with Crippen LogP contribution in [-0.4, -0.2) is 37.6 Å². The minimum atomic E-state index is -0.485. The lowest BCUT2D eigenvalue weighted by Gasteiger charge is -2.35. The molecule has 120 valence electrons. The van der Waals surface area contributed by atoms with Crippen LogP contribution in [-0.2, 0) is 16.1 Å². The molecule has 1 aliphatic rings. The summed E-state index contributed by atoms with van der Waals surface area (Å²) in [5.74, 6) is -0.0193. The molecule has 0 spiro atoms. The van der Waals surface area contributed by atoms with Crippen molar-refractivity contribution in [3.63, 3.8) is 0 Å². The van der Waals surface area contributed by atoms with Crippen LogP contribution in [0.4, 0.5) is 5.69 Å². The second-order valence-corrected chi connectivity index (χ2v) is 5.57. The van der Waals surface area contributed by atoms with E-state index in [1.54, 1.807) is 19.2 Å². The summed E-state index contributed by atoms with van der Waals surface area (Å²) in [7, 11) is 1.60. The summed E-state index contributed by atoms with van der Waals surface area (Å²) in [5.41, 5.74) is 0.394. The van der Waals surface area contributed by atoms with Crippen LogP contribution >= 0.6 is 0 Å². The normalized spacial score (nSPS) is 17.0. The van der Waals surface area contributed by atoms with Gasteiger partial charge in [-0.1, -0.05) is 12.1 Å². The van der Waals surface area contributed by atoms with E-state index in [0.29, 0.717) is 13.2 Å². The van der Waals surface area contributed by atoms with Gasteiger partial charge in [0.1, 0.15) is 0 Å². The number of nitrogens with one attached hydrogen (secondary N) is 2. The molecule has 0 atom stereocenters. The number of methoxy groups -OCH3 is 1. The van der Waals surface area contributed by atoms with Crippen LogP contribution in [0.2, 0.25) is 0 Å². The van der Waals surface area contributed by atoms with E-state index in [-0.39, 0.29) is 11.6 Å². The third-order valence-electron chi connectivity index (χ3n) is 4.06. The molecule has 1 fully saturated rings. The Morgan fingerprint density at radius 2 is 2.00 bits per heavy atom. The highest BCUT2D eigenvalue weighted by molar-refractivity contribution is 5.83. The highest BCUT2D eigenvalue weighted by Gasteiger charge is 2.39. The maximum absolute atomic E-state index is 12.5. The minimum absolute atomic E-state index is 0.0193. The molecule has 0 aromatic heterocycles. The van der Waals surface area contributed by atoms with Gasteiger partial charge >= 0.3 is 0 Å². The van der Waals surface area contributed by atoms with Gasteiger partial charge in [-0.3, -0.25) is 14.9 Å². The highest BCUT2D eigenvalue weighted by atomic mass is 16.6. The first-order chi connectivity index (χ1) is 10.6. The molecule has 1 aromatic carbocycles. The standard InChI is InChI=1S/C15H21N3O4/c1-22-11-15(6-8-16-9-7-15)14(19)17-10-12-2-4-13(5-3-12)18(20)21/h2-5,16H,6-11H2,1H3,(H,17,19). The SMILES string of the molecule is COCC1(C(=O)NCc2ccc([N+](=O)[O-])cc2)CCNCC1. The molecule has 1 aliphatic heterocycles. The van der Waals surface area contributed by atoms with Crippen LogP contribution in [0.15, 0.2) is 24.3 Å². The van der Waals surface area contributed by atoms with Gasteiger partial charge in [0.25, 0.3) is 5.69 Å². The molecule has 0 unspecified atom stereocenters. The number of hydrogen-bond donors (Lipinski definition) is 2. The summed E-state index contributed by atoms with van der Waals surface area (Å²) in [6.45, 7) is 2.36. The van der Waals surface area contributed by atoms with Crippen LogP contribution < -0.4 is 10.6 Å². The van der Waals surface area contributed by atoms with E-state index in [1.165, 1.54) is 12.1 Å². The zero-order valence-corrected chi connectivity index (χ0v) is 12.6. The molecular formula is C15H21N3O4. The zero-order valence-electron chi connectivity index (χ0n) is 12.6. The van der Waals surface area contributed by atoms with E-state index in [4.69, 9.17) is 4.74 Å². The predicted octanol–water partition coefficient (Wildman–Crippen LogP) is 1.23. The Labute approximate surface area is 129 Å². The summed E-state index contributed by atoms with van der Waals surface area (Å²) in [6.07, 6.45) is 1.49. The Morgan fingerprint density at radius 1 is 1.36 bits per heavy atom. The molecule has 2 N–H and O–H groups in total. The first-order valence-electron chi connectivity index (χ1n) is 7.29. The maximum Gasteiger partial charge on any atom is 0.269 e. The number of rotatable bonds is 6. The number of nitro benzene ring substituents is 1. The van der Waals surface area contributed by atoms with Gasteiger partial charge in [0.15, 0.2) is 0 Å². The molecule has 22 heavy (non-hydrogen) atoms. The number of carbonyl (C=O) groups is 1. The monoisotopic (exact) mass is 307 g/mol. The molecule has 0 radical (unpaired) electrons. The van der Waals surface area contributed by atoms with Gasteiger partial charge in [-0.2, -0.15) is 0 Å². The Hall–Kier alpha value is -1.99. The lowest BCUT2D eigenvalue weighted by molar-refractivity contribution is -0.384. The fraction of sp³-hybridized carbons (Fsp3) is 0.533. The molecule has 1 heterocycles. The van der Waals surface area contributed by atoms with Crippen molar-refractivity contribution in [3.05, 3.63) is 39.9 Å². The van der Waals surface area contributed by atoms with Gasteiger partial charge in [0.05, 0.1) is 16.9 Å². The Bertz CT molecular complexity index is 519. The molecule has 7 heteroatoms. The van der Waals surface area contributed by atoms with Crippen molar-refractivity contribution in [2.75, 3.05) is 26.8 Å². The third kappa shape index (κ3) is 3.80. The van der Waals surface area contributed by atoms with Gasteiger partial charge in [-0.15, -0.1) is 0 Å². The number of ether oxygens (including phenoxy) is 1. The van der Waals surface area contributed by atoms with Gasteiger partial charge in [-0.05, 0) is 31.5 Å². The fourth-order valence-corrected chi connectivity index (χ4v) is 2.72. The number of carbonyl (C=O) groups excluding carboxylic acids is 1. The van der Waals surface area contributed by atoms with Crippen molar-refractivity contribution in [2.24, 2.45) is 5.41 Å². The Morgan fingerprint density at radius 3 is 2.55 bits per heavy atom. The van der Waals surface area contributed by atoms with E-state index in [9.17, 15) is 14.9 Å². The fourth-order valence-electron chi connectivity index (χ4n) is 2.72. The van der Waals surface area contributed by atoms with E-state index in [0.717, 1.165) is 31.5 Å². The summed E-state index contributed by atoms with van der Waals surface area (Å²) < 4.78 is 5.24. The molecule has 1 saturated heterocycles. The van der Waals surface area contributed by atoms with E-state index < -0.39 is 10.3 Å². The van der Waals surface area contributed by atoms with Crippen LogP contribution in [0.5, 0.6) is 0 Å². The number of non-ortho nitro benzene ring substituents is 1. The lowest BCUT2D eigenvalue weighted by atomic mass is 9.78. The average molecular weight is 307 g/mol. The van der Waals surface area contributed by atoms with Gasteiger partial charge in [-0.25, -0.2) is 0 Å².